The van der Waals surface area contributed by atoms with E-state index < -0.39 is 0 Å². The van der Waals surface area contributed by atoms with Gasteiger partial charge in [-0.1, -0.05) is 67.0 Å². The van der Waals surface area contributed by atoms with Crippen LogP contribution in [0.15, 0.2) is 84.0 Å². The predicted octanol–water partition coefficient (Wildman–Crippen LogP) is 10.0. The van der Waals surface area contributed by atoms with Gasteiger partial charge in [0.1, 0.15) is 17.3 Å². The van der Waals surface area contributed by atoms with E-state index in [4.69, 9.17) is 0 Å². The van der Waals surface area contributed by atoms with E-state index in [-0.39, 0.29) is 5.41 Å². The van der Waals surface area contributed by atoms with E-state index >= 15 is 0 Å². The zero-order chi connectivity index (χ0) is 31.2. The topological polar surface area (TPSA) is 57.5 Å². The van der Waals surface area contributed by atoms with Crippen LogP contribution in [0.4, 0.5) is 0 Å². The summed E-state index contributed by atoms with van der Waals surface area (Å²) in [5, 5.41) is 19.4. The second-order valence-corrected chi connectivity index (χ2v) is 14.4. The zero-order valence-electron chi connectivity index (χ0n) is 27.2. The fraction of sp³-hybridized carbons (Fsp3) is 0.488. The molecule has 3 nitrogen and oxygen atoms in total. The van der Waals surface area contributed by atoms with E-state index in [1.54, 1.807) is 23.3 Å². The Labute approximate surface area is 264 Å². The van der Waals surface area contributed by atoms with Crippen molar-refractivity contribution in [3.8, 4) is 11.5 Å². The van der Waals surface area contributed by atoms with Crippen molar-refractivity contribution in [1.29, 1.82) is 0 Å². The lowest BCUT2D eigenvalue weighted by Crippen LogP contribution is -2.37. The van der Waals surface area contributed by atoms with Crippen molar-refractivity contribution in [3.63, 3.8) is 0 Å². The summed E-state index contributed by atoms with van der Waals surface area (Å²) in [4.78, 5) is 12.2. The third-order valence-corrected chi connectivity index (χ3v) is 12.3. The lowest BCUT2D eigenvalue weighted by Gasteiger charge is -2.45. The first kappa shape index (κ1) is 30.7. The maximum atomic E-state index is 12.2. The first-order valence-corrected chi connectivity index (χ1v) is 16.9. The Hall–Kier alpha value is -3.33. The fourth-order valence-electron chi connectivity index (χ4n) is 10.0. The number of carbonyl (C=O) groups is 1. The summed E-state index contributed by atoms with van der Waals surface area (Å²) in [6.45, 7) is 12.1. The van der Waals surface area contributed by atoms with Crippen LogP contribution >= 0.6 is 0 Å². The number of carbonyl (C=O) groups excluding carboxylic acids is 1. The third kappa shape index (κ3) is 5.01. The van der Waals surface area contributed by atoms with E-state index in [0.717, 1.165) is 44.4 Å². The van der Waals surface area contributed by atoms with E-state index in [1.807, 2.05) is 25.1 Å². The molecule has 2 N–H and O–H groups in total. The number of benzene rings is 2. The van der Waals surface area contributed by atoms with Crippen molar-refractivity contribution >= 4 is 5.78 Å². The molecule has 6 atom stereocenters. The number of ketones is 1. The van der Waals surface area contributed by atoms with Crippen LogP contribution in [0.25, 0.3) is 0 Å². The number of allylic oxidation sites excluding steroid dienone is 7. The van der Waals surface area contributed by atoms with Gasteiger partial charge in [-0.2, -0.15) is 0 Å². The molecule has 6 aliphatic rings. The summed E-state index contributed by atoms with van der Waals surface area (Å²) in [7, 11) is 0. The van der Waals surface area contributed by atoms with Crippen LogP contribution in [0.1, 0.15) is 113 Å². The Morgan fingerprint density at radius 3 is 1.75 bits per heavy atom. The molecule has 0 heterocycles. The molecule has 6 aliphatic carbocycles. The molecule has 0 bridgehead atoms. The Morgan fingerprint density at radius 2 is 1.23 bits per heavy atom. The van der Waals surface area contributed by atoms with Gasteiger partial charge in [-0.3, -0.25) is 4.79 Å². The molecule has 2 aromatic rings. The van der Waals surface area contributed by atoms with Gasteiger partial charge in [0, 0.05) is 23.7 Å². The van der Waals surface area contributed by atoms with Crippen LogP contribution in [0.3, 0.4) is 0 Å². The Kier molecular flexibility index (Phi) is 8.28. The Balaban J connectivity index is 0.000000144. The highest BCUT2D eigenvalue weighted by Gasteiger charge is 2.52. The molecule has 0 aliphatic heterocycles. The highest BCUT2D eigenvalue weighted by atomic mass is 16.3. The van der Waals surface area contributed by atoms with E-state index in [2.05, 4.69) is 57.7 Å². The number of rotatable bonds is 0. The van der Waals surface area contributed by atoms with Crippen molar-refractivity contribution < 1.29 is 15.0 Å². The van der Waals surface area contributed by atoms with Gasteiger partial charge in [-0.15, -0.1) is 6.58 Å². The summed E-state index contributed by atoms with van der Waals surface area (Å²) in [5.74, 6) is 3.51. The van der Waals surface area contributed by atoms with Crippen LogP contribution in [0, 0.1) is 22.7 Å². The van der Waals surface area contributed by atoms with Gasteiger partial charge in [0.15, 0.2) is 0 Å². The largest absolute Gasteiger partial charge is 0.508 e. The normalized spacial score (nSPS) is 33.4. The van der Waals surface area contributed by atoms with Gasteiger partial charge in [0.25, 0.3) is 0 Å². The maximum Gasteiger partial charge on any atom is 0.139 e. The van der Waals surface area contributed by atoms with Gasteiger partial charge in [0.05, 0.1) is 0 Å². The molecule has 2 aromatic carbocycles. The van der Waals surface area contributed by atoms with Crippen LogP contribution in [-0.4, -0.2) is 16.0 Å². The number of Topliss-reactive ketones (excluding diaryl/α,β-unsaturated/α-hetero) is 1. The Morgan fingerprint density at radius 1 is 0.750 bits per heavy atom. The number of hydrogen-bond acceptors (Lipinski definition) is 3. The summed E-state index contributed by atoms with van der Waals surface area (Å²) in [6, 6.07) is 11.8. The number of phenolic OH excluding ortho intramolecular Hbond substituents is 2. The first-order chi connectivity index (χ1) is 21.1. The second kappa shape index (κ2) is 11.9. The van der Waals surface area contributed by atoms with Gasteiger partial charge in [-0.25, -0.2) is 0 Å². The van der Waals surface area contributed by atoms with Crippen LogP contribution in [0.2, 0.25) is 0 Å². The summed E-state index contributed by atoms with van der Waals surface area (Å²) in [6.07, 6.45) is 19.9. The molecular formula is C41H50O3. The predicted molar refractivity (Wildman–Crippen MR) is 180 cm³/mol. The van der Waals surface area contributed by atoms with Crippen molar-refractivity contribution in [2.24, 2.45) is 22.7 Å². The standard InChI is InChI=1S/C20H24O.C18H20O2.C3H6/c1-3-14-5-9-19-18-7-4-13-12-15(21)6-8-16(13)17(18)10-11-20(14,19)2;1-18-9-8-14-13-5-3-12(19)10-11(13)2-4-15(14)16(18)6-7-17(18)20;1-3-2/h3,6-8,12,17,19,21H,4-5,9-11H2,1-2H3;3-5,10,14,16,19H,2,6-9H2,1H3;3H,1H2,2H3/b14-3-;;. The van der Waals surface area contributed by atoms with Crippen LogP contribution < -0.4 is 0 Å². The molecule has 0 amide bonds. The fourth-order valence-corrected chi connectivity index (χ4v) is 10.0. The minimum atomic E-state index is -0.100. The number of hydrogen-bond donors (Lipinski definition) is 2. The van der Waals surface area contributed by atoms with E-state index in [9.17, 15) is 15.0 Å². The summed E-state index contributed by atoms with van der Waals surface area (Å²) < 4.78 is 0. The molecule has 4 saturated carbocycles. The summed E-state index contributed by atoms with van der Waals surface area (Å²) >= 11 is 0. The average molecular weight is 591 g/mol. The lowest BCUT2D eigenvalue weighted by atomic mass is 9.59. The first-order valence-electron chi connectivity index (χ1n) is 16.9. The molecule has 0 spiro atoms. The third-order valence-electron chi connectivity index (χ3n) is 12.3. The van der Waals surface area contributed by atoms with Gasteiger partial charge in [0.2, 0.25) is 0 Å². The molecule has 44 heavy (non-hydrogen) atoms. The molecule has 4 fully saturated rings. The lowest BCUT2D eigenvalue weighted by molar-refractivity contribution is -0.126. The number of phenols is 2. The molecule has 0 radical (unpaired) electrons. The SMILES string of the molecule is C/C=C1/CCC2C3=CCc4cc(O)ccc4C3CCC12C.C=CC.CC12CCC3C(=CCc4cc(O)ccc43)C1CCC2=O. The second-order valence-electron chi connectivity index (χ2n) is 14.4. The van der Waals surface area contributed by atoms with Gasteiger partial charge >= 0.3 is 0 Å². The molecular weight excluding hydrogens is 540 g/mol. The molecule has 232 valence electrons. The molecule has 8 rings (SSSR count). The van der Waals surface area contributed by atoms with Gasteiger partial charge in [-0.05, 0) is 135 Å². The minimum absolute atomic E-state index is 0.100. The Bertz CT molecular complexity index is 1560. The van der Waals surface area contributed by atoms with Crippen molar-refractivity contribution in [3.05, 3.63) is 106 Å². The average Bonchev–Trinajstić information content (AvgIpc) is 3.52. The number of aromatic hydroxyl groups is 2. The number of fused-ring (bicyclic) bond motifs is 10. The van der Waals surface area contributed by atoms with Crippen molar-refractivity contribution in [2.75, 3.05) is 0 Å². The smallest absolute Gasteiger partial charge is 0.139 e. The van der Waals surface area contributed by atoms with E-state index in [0.29, 0.717) is 40.5 Å². The van der Waals surface area contributed by atoms with Gasteiger partial charge < -0.3 is 10.2 Å². The zero-order valence-corrected chi connectivity index (χ0v) is 27.2. The quantitative estimate of drug-likeness (QED) is 0.300. The van der Waals surface area contributed by atoms with Crippen LogP contribution in [0.5, 0.6) is 11.5 Å². The summed E-state index contributed by atoms with van der Waals surface area (Å²) in [5.41, 5.74) is 10.6. The van der Waals surface area contributed by atoms with Crippen molar-refractivity contribution in [1.82, 2.24) is 0 Å². The maximum absolute atomic E-state index is 12.2. The monoisotopic (exact) mass is 590 g/mol. The van der Waals surface area contributed by atoms with Crippen LogP contribution in [-0.2, 0) is 17.6 Å². The molecule has 3 heteroatoms. The highest BCUT2D eigenvalue weighted by molar-refractivity contribution is 5.88. The van der Waals surface area contributed by atoms with E-state index in [1.165, 1.54) is 53.5 Å². The van der Waals surface area contributed by atoms with Crippen molar-refractivity contribution in [2.45, 2.75) is 104 Å². The molecule has 6 unspecified atom stereocenters. The molecule has 0 saturated heterocycles. The highest BCUT2D eigenvalue weighted by Crippen LogP contribution is 2.61. The minimum Gasteiger partial charge on any atom is -0.508 e. The molecule has 0 aromatic heterocycles.